The molecule has 1 aliphatic rings. The Labute approximate surface area is 92.8 Å². The maximum absolute atomic E-state index is 6.10. The predicted molar refractivity (Wildman–Crippen MR) is 65.8 cm³/mol. The van der Waals surface area contributed by atoms with Gasteiger partial charge in [0.2, 0.25) is 8.32 Å². The van der Waals surface area contributed by atoms with Crippen LogP contribution in [0.3, 0.4) is 0 Å². The van der Waals surface area contributed by atoms with Gasteiger partial charge in [0.1, 0.15) is 5.75 Å². The number of hydrogen-bond acceptors (Lipinski definition) is 2. The smallest absolute Gasteiger partial charge is 0.242 e. The van der Waals surface area contributed by atoms with E-state index in [-0.39, 0.29) is 0 Å². The van der Waals surface area contributed by atoms with Crippen LogP contribution in [-0.2, 0) is 13.0 Å². The lowest BCUT2D eigenvalue weighted by molar-refractivity contribution is 0.531. The van der Waals surface area contributed by atoms with Crippen molar-refractivity contribution in [2.24, 2.45) is 0 Å². The molecule has 1 aliphatic heterocycles. The highest BCUT2D eigenvalue weighted by atomic mass is 28.4. The zero-order valence-electron chi connectivity index (χ0n) is 9.76. The first kappa shape index (κ1) is 10.7. The number of nitrogens with one attached hydrogen (secondary N) is 1. The molecular formula is C12H19NOSi. The van der Waals surface area contributed by atoms with E-state index in [1.807, 2.05) is 0 Å². The summed E-state index contributed by atoms with van der Waals surface area (Å²) < 4.78 is 6.10. The van der Waals surface area contributed by atoms with Gasteiger partial charge >= 0.3 is 0 Å². The third-order valence-electron chi connectivity index (χ3n) is 2.52. The maximum atomic E-state index is 6.10. The Kier molecular flexibility index (Phi) is 2.84. The van der Waals surface area contributed by atoms with Crippen LogP contribution in [0.1, 0.15) is 11.1 Å². The van der Waals surface area contributed by atoms with E-state index in [1.54, 1.807) is 0 Å². The van der Waals surface area contributed by atoms with Gasteiger partial charge in [0, 0.05) is 12.1 Å². The molecule has 0 aromatic heterocycles. The lowest BCUT2D eigenvalue weighted by atomic mass is 10.0. The summed E-state index contributed by atoms with van der Waals surface area (Å²) in [7, 11) is -1.49. The van der Waals surface area contributed by atoms with E-state index in [2.05, 4.69) is 43.2 Å². The Bertz CT molecular complexity index is 357. The van der Waals surface area contributed by atoms with E-state index >= 15 is 0 Å². The quantitative estimate of drug-likeness (QED) is 0.775. The Morgan fingerprint density at radius 2 is 2.07 bits per heavy atom. The molecule has 0 saturated heterocycles. The van der Waals surface area contributed by atoms with Crippen molar-refractivity contribution in [1.82, 2.24) is 5.32 Å². The number of benzene rings is 1. The molecule has 1 N–H and O–H groups in total. The van der Waals surface area contributed by atoms with Crippen LogP contribution >= 0.6 is 0 Å². The molecule has 0 saturated carbocycles. The van der Waals surface area contributed by atoms with Crippen molar-refractivity contribution in [3.8, 4) is 5.75 Å². The first-order valence-electron chi connectivity index (χ1n) is 5.57. The summed E-state index contributed by atoms with van der Waals surface area (Å²) in [5.74, 6) is 1.10. The van der Waals surface area contributed by atoms with Crippen molar-refractivity contribution < 1.29 is 4.43 Å². The van der Waals surface area contributed by atoms with Gasteiger partial charge in [0.15, 0.2) is 0 Å². The fraction of sp³-hybridized carbons (Fsp3) is 0.500. The molecule has 15 heavy (non-hydrogen) atoms. The van der Waals surface area contributed by atoms with E-state index in [4.69, 9.17) is 4.43 Å². The summed E-state index contributed by atoms with van der Waals surface area (Å²) in [6, 6.07) is 6.43. The predicted octanol–water partition coefficient (Wildman–Crippen LogP) is 2.55. The highest BCUT2D eigenvalue weighted by Gasteiger charge is 2.20. The third kappa shape index (κ3) is 2.61. The minimum absolute atomic E-state index is 0.954. The van der Waals surface area contributed by atoms with Crippen molar-refractivity contribution in [3.63, 3.8) is 0 Å². The lowest BCUT2D eigenvalue weighted by Crippen LogP contribution is -2.31. The fourth-order valence-corrected chi connectivity index (χ4v) is 2.76. The van der Waals surface area contributed by atoms with Crippen LogP contribution in [0.2, 0.25) is 19.6 Å². The van der Waals surface area contributed by atoms with Crippen molar-refractivity contribution in [3.05, 3.63) is 29.3 Å². The second-order valence-corrected chi connectivity index (χ2v) is 9.46. The van der Waals surface area contributed by atoms with E-state index in [9.17, 15) is 0 Å². The molecule has 1 heterocycles. The lowest BCUT2D eigenvalue weighted by Gasteiger charge is -2.25. The summed E-state index contributed by atoms with van der Waals surface area (Å²) in [5.41, 5.74) is 2.82. The minimum Gasteiger partial charge on any atom is -0.544 e. The van der Waals surface area contributed by atoms with Crippen LogP contribution in [0.25, 0.3) is 0 Å². The molecular weight excluding hydrogens is 202 g/mol. The minimum atomic E-state index is -1.49. The number of rotatable bonds is 2. The zero-order chi connectivity index (χ0) is 10.9. The van der Waals surface area contributed by atoms with Gasteiger partial charge in [-0.3, -0.25) is 0 Å². The van der Waals surface area contributed by atoms with Crippen LogP contribution < -0.4 is 9.74 Å². The molecule has 0 radical (unpaired) electrons. The topological polar surface area (TPSA) is 21.3 Å². The average molecular weight is 221 g/mol. The summed E-state index contributed by atoms with van der Waals surface area (Å²) in [5, 5.41) is 3.40. The molecule has 1 aromatic rings. The largest absolute Gasteiger partial charge is 0.544 e. The van der Waals surface area contributed by atoms with E-state index in [0.29, 0.717) is 0 Å². The molecule has 0 spiro atoms. The van der Waals surface area contributed by atoms with Gasteiger partial charge in [-0.25, -0.2) is 0 Å². The van der Waals surface area contributed by atoms with Gasteiger partial charge < -0.3 is 9.74 Å². The molecule has 2 rings (SSSR count). The Morgan fingerprint density at radius 1 is 1.27 bits per heavy atom. The zero-order valence-corrected chi connectivity index (χ0v) is 10.8. The Hall–Kier alpha value is -0.803. The van der Waals surface area contributed by atoms with E-state index < -0.39 is 8.32 Å². The summed E-state index contributed by atoms with van der Waals surface area (Å²) in [6.07, 6.45) is 1.12. The molecule has 3 heteroatoms. The first-order valence-corrected chi connectivity index (χ1v) is 8.97. The molecule has 0 amide bonds. The normalized spacial score (nSPS) is 15.9. The molecule has 0 unspecified atom stereocenters. The highest BCUT2D eigenvalue weighted by Crippen LogP contribution is 2.27. The first-order chi connectivity index (χ1) is 7.06. The van der Waals surface area contributed by atoms with Gasteiger partial charge in [-0.2, -0.15) is 0 Å². The van der Waals surface area contributed by atoms with Crippen molar-refractivity contribution >= 4 is 8.32 Å². The monoisotopic (exact) mass is 221 g/mol. The maximum Gasteiger partial charge on any atom is 0.242 e. The van der Waals surface area contributed by atoms with E-state index in [1.165, 1.54) is 11.1 Å². The second-order valence-electron chi connectivity index (χ2n) is 5.04. The standard InChI is InChI=1S/C12H19NOSi/c1-15(2,3)14-12-6-4-5-10-7-8-13-9-11(10)12/h4-6,13H,7-9H2,1-3H3. The van der Waals surface area contributed by atoms with Gasteiger partial charge in [-0.15, -0.1) is 0 Å². The number of fused-ring (bicyclic) bond motifs is 1. The molecule has 0 fully saturated rings. The van der Waals surface area contributed by atoms with Crippen LogP contribution in [0.4, 0.5) is 0 Å². The molecule has 0 aliphatic carbocycles. The number of hydrogen-bond donors (Lipinski definition) is 1. The summed E-state index contributed by atoms with van der Waals surface area (Å²) in [6.45, 7) is 8.72. The molecule has 2 nitrogen and oxygen atoms in total. The van der Waals surface area contributed by atoms with Crippen LogP contribution in [0, 0.1) is 0 Å². The molecule has 0 atom stereocenters. The van der Waals surface area contributed by atoms with Gasteiger partial charge in [0.05, 0.1) is 0 Å². The Morgan fingerprint density at radius 3 is 2.80 bits per heavy atom. The average Bonchev–Trinajstić information content (AvgIpc) is 2.16. The summed E-state index contributed by atoms with van der Waals surface area (Å²) in [4.78, 5) is 0. The van der Waals surface area contributed by atoms with Crippen LogP contribution in [0.15, 0.2) is 18.2 Å². The van der Waals surface area contributed by atoms with Crippen molar-refractivity contribution in [2.75, 3.05) is 6.54 Å². The van der Waals surface area contributed by atoms with Gasteiger partial charge in [0.25, 0.3) is 0 Å². The highest BCUT2D eigenvalue weighted by molar-refractivity contribution is 6.70. The molecule has 0 bridgehead atoms. The van der Waals surface area contributed by atoms with Crippen LogP contribution in [-0.4, -0.2) is 14.9 Å². The SMILES string of the molecule is C[Si](C)(C)Oc1cccc2c1CNCC2. The van der Waals surface area contributed by atoms with Crippen molar-refractivity contribution in [2.45, 2.75) is 32.6 Å². The molecule has 1 aromatic carbocycles. The Balaban J connectivity index is 2.31. The fourth-order valence-electron chi connectivity index (χ4n) is 1.91. The van der Waals surface area contributed by atoms with Gasteiger partial charge in [-0.1, -0.05) is 12.1 Å². The van der Waals surface area contributed by atoms with E-state index in [0.717, 1.165) is 25.3 Å². The molecule has 82 valence electrons. The third-order valence-corrected chi connectivity index (χ3v) is 3.35. The van der Waals surface area contributed by atoms with Gasteiger partial charge in [-0.05, 0) is 44.2 Å². The van der Waals surface area contributed by atoms with Crippen LogP contribution in [0.5, 0.6) is 5.75 Å². The summed E-state index contributed by atoms with van der Waals surface area (Å²) >= 11 is 0. The van der Waals surface area contributed by atoms with Crippen molar-refractivity contribution in [1.29, 1.82) is 0 Å². The second kappa shape index (κ2) is 3.98.